The number of hydrogen-bond donors (Lipinski definition) is 1. The van der Waals surface area contributed by atoms with Gasteiger partial charge in [0.15, 0.2) is 0 Å². The molecule has 0 amide bonds. The molecule has 0 bridgehead atoms. The molecule has 0 radical (unpaired) electrons. The molecule has 23 heavy (non-hydrogen) atoms. The fourth-order valence-corrected chi connectivity index (χ4v) is 3.49. The van der Waals surface area contributed by atoms with Crippen LogP contribution >= 0.6 is 11.8 Å². The Morgan fingerprint density at radius 1 is 1.43 bits per heavy atom. The second kappa shape index (κ2) is 7.77. The van der Waals surface area contributed by atoms with E-state index in [1.54, 1.807) is 18.9 Å². The summed E-state index contributed by atoms with van der Waals surface area (Å²) in [5.74, 6) is 0.828. The number of methoxy groups -OCH3 is 1. The molecular weight excluding hydrogens is 325 g/mol. The Bertz CT molecular complexity index is 525. The van der Waals surface area contributed by atoms with Crippen LogP contribution in [0.4, 0.5) is 13.2 Å². The van der Waals surface area contributed by atoms with Crippen LogP contribution in [-0.4, -0.2) is 50.1 Å². The van der Waals surface area contributed by atoms with Crippen LogP contribution in [0.15, 0.2) is 23.1 Å². The first-order chi connectivity index (χ1) is 10.8. The van der Waals surface area contributed by atoms with Gasteiger partial charge in [-0.25, -0.2) is 0 Å². The molecule has 130 valence electrons. The molecule has 7 heteroatoms. The van der Waals surface area contributed by atoms with Gasteiger partial charge in [-0.15, -0.1) is 11.8 Å². The summed E-state index contributed by atoms with van der Waals surface area (Å²) in [5.41, 5.74) is 1.08. The lowest BCUT2D eigenvalue weighted by molar-refractivity contribution is -0.143. The van der Waals surface area contributed by atoms with E-state index in [-0.39, 0.29) is 12.1 Å². The van der Waals surface area contributed by atoms with Gasteiger partial charge in [0, 0.05) is 30.1 Å². The third-order valence-electron chi connectivity index (χ3n) is 4.07. The van der Waals surface area contributed by atoms with Gasteiger partial charge in [-0.2, -0.15) is 13.2 Å². The topological polar surface area (TPSA) is 24.5 Å². The van der Waals surface area contributed by atoms with E-state index in [2.05, 4.69) is 5.32 Å². The standard InChI is InChI=1S/C16H23F3N2OS/c1-11(12-4-5-15(23-3)14(8-12)22-2)20-13-6-7-21(9-13)10-16(17,18)19/h4-5,8,11,13,20H,6-7,9-10H2,1-3H3. The fraction of sp³-hybridized carbons (Fsp3) is 0.625. The van der Waals surface area contributed by atoms with E-state index in [0.29, 0.717) is 13.1 Å². The van der Waals surface area contributed by atoms with E-state index in [4.69, 9.17) is 4.74 Å². The van der Waals surface area contributed by atoms with Crippen LogP contribution in [0.25, 0.3) is 0 Å². The summed E-state index contributed by atoms with van der Waals surface area (Å²) in [4.78, 5) is 2.53. The summed E-state index contributed by atoms with van der Waals surface area (Å²) in [6.07, 6.45) is -1.39. The second-order valence-electron chi connectivity index (χ2n) is 5.84. The molecule has 1 aliphatic rings. The van der Waals surface area contributed by atoms with E-state index in [0.717, 1.165) is 22.6 Å². The van der Waals surface area contributed by atoms with Gasteiger partial charge in [-0.1, -0.05) is 6.07 Å². The van der Waals surface area contributed by atoms with E-state index in [1.165, 1.54) is 4.90 Å². The predicted octanol–water partition coefficient (Wildman–Crippen LogP) is 3.70. The molecule has 0 aliphatic carbocycles. The van der Waals surface area contributed by atoms with Gasteiger partial charge < -0.3 is 10.1 Å². The number of nitrogens with one attached hydrogen (secondary N) is 1. The molecule has 3 nitrogen and oxygen atoms in total. The van der Waals surface area contributed by atoms with Gasteiger partial charge in [-0.3, -0.25) is 4.90 Å². The number of likely N-dealkylation sites (tertiary alicyclic amines) is 1. The molecule has 0 saturated carbocycles. The van der Waals surface area contributed by atoms with Crippen LogP contribution in [0, 0.1) is 0 Å². The van der Waals surface area contributed by atoms with Gasteiger partial charge in [0.05, 0.1) is 13.7 Å². The number of ether oxygens (including phenoxy) is 1. The normalized spacial score (nSPS) is 20.7. The van der Waals surface area contributed by atoms with Crippen molar-refractivity contribution >= 4 is 11.8 Å². The highest BCUT2D eigenvalue weighted by Gasteiger charge is 2.34. The molecule has 1 aromatic carbocycles. The average molecular weight is 348 g/mol. The maximum absolute atomic E-state index is 12.4. The van der Waals surface area contributed by atoms with Crippen molar-refractivity contribution in [2.75, 3.05) is 33.0 Å². The third-order valence-corrected chi connectivity index (χ3v) is 4.85. The predicted molar refractivity (Wildman–Crippen MR) is 87.2 cm³/mol. The first kappa shape index (κ1) is 18.4. The average Bonchev–Trinajstić information content (AvgIpc) is 2.91. The van der Waals surface area contributed by atoms with Crippen molar-refractivity contribution in [1.29, 1.82) is 0 Å². The molecule has 2 rings (SSSR count). The first-order valence-electron chi connectivity index (χ1n) is 7.59. The van der Waals surface area contributed by atoms with Crippen molar-refractivity contribution < 1.29 is 17.9 Å². The van der Waals surface area contributed by atoms with E-state index in [1.807, 2.05) is 31.4 Å². The van der Waals surface area contributed by atoms with Gasteiger partial charge in [-0.05, 0) is 37.3 Å². The van der Waals surface area contributed by atoms with Crippen molar-refractivity contribution in [3.05, 3.63) is 23.8 Å². The zero-order valence-electron chi connectivity index (χ0n) is 13.6. The Morgan fingerprint density at radius 2 is 2.17 bits per heavy atom. The molecule has 1 N–H and O–H groups in total. The Balaban J connectivity index is 1.93. The third kappa shape index (κ3) is 5.29. The summed E-state index contributed by atoms with van der Waals surface area (Å²) < 4.78 is 42.7. The molecular formula is C16H23F3N2OS. The van der Waals surface area contributed by atoms with E-state index < -0.39 is 12.7 Å². The SMILES string of the molecule is COc1cc(C(C)NC2CCN(CC(F)(F)F)C2)ccc1SC. The molecule has 1 heterocycles. The van der Waals surface area contributed by atoms with Gasteiger partial charge in [0.2, 0.25) is 0 Å². The molecule has 1 aromatic rings. The van der Waals surface area contributed by atoms with Crippen molar-refractivity contribution in [3.8, 4) is 5.75 Å². The smallest absolute Gasteiger partial charge is 0.401 e. The van der Waals surface area contributed by atoms with Crippen LogP contribution in [0.5, 0.6) is 5.75 Å². The van der Waals surface area contributed by atoms with Crippen LogP contribution in [0.1, 0.15) is 24.9 Å². The zero-order chi connectivity index (χ0) is 17.0. The molecule has 2 atom stereocenters. The van der Waals surface area contributed by atoms with E-state index in [9.17, 15) is 13.2 Å². The number of benzene rings is 1. The van der Waals surface area contributed by atoms with Gasteiger partial charge in [0.1, 0.15) is 5.75 Å². The van der Waals surface area contributed by atoms with Gasteiger partial charge >= 0.3 is 6.18 Å². The summed E-state index contributed by atoms with van der Waals surface area (Å²) in [5, 5.41) is 3.43. The summed E-state index contributed by atoms with van der Waals surface area (Å²) in [6, 6.07) is 6.19. The number of alkyl halides is 3. The molecule has 2 unspecified atom stereocenters. The Hall–Kier alpha value is -0.920. The Labute approximate surface area is 139 Å². The number of nitrogens with zero attached hydrogens (tertiary/aromatic N) is 1. The minimum Gasteiger partial charge on any atom is -0.496 e. The molecule has 0 spiro atoms. The lowest BCUT2D eigenvalue weighted by Crippen LogP contribution is -2.37. The Kier molecular flexibility index (Phi) is 6.22. The first-order valence-corrected chi connectivity index (χ1v) is 8.82. The van der Waals surface area contributed by atoms with Crippen molar-refractivity contribution in [2.45, 2.75) is 36.5 Å². The highest BCUT2D eigenvalue weighted by Crippen LogP contribution is 2.30. The quantitative estimate of drug-likeness (QED) is 0.792. The molecule has 1 fully saturated rings. The number of hydrogen-bond acceptors (Lipinski definition) is 4. The van der Waals surface area contributed by atoms with Crippen LogP contribution in [-0.2, 0) is 0 Å². The summed E-state index contributed by atoms with van der Waals surface area (Å²) in [7, 11) is 1.64. The highest BCUT2D eigenvalue weighted by atomic mass is 32.2. The van der Waals surface area contributed by atoms with Crippen molar-refractivity contribution in [2.24, 2.45) is 0 Å². The van der Waals surface area contributed by atoms with Crippen molar-refractivity contribution in [3.63, 3.8) is 0 Å². The van der Waals surface area contributed by atoms with Gasteiger partial charge in [0.25, 0.3) is 0 Å². The van der Waals surface area contributed by atoms with Crippen LogP contribution < -0.4 is 10.1 Å². The van der Waals surface area contributed by atoms with Crippen LogP contribution in [0.3, 0.4) is 0 Å². The van der Waals surface area contributed by atoms with Crippen molar-refractivity contribution in [1.82, 2.24) is 10.2 Å². The minimum absolute atomic E-state index is 0.0654. The molecule has 1 saturated heterocycles. The fourth-order valence-electron chi connectivity index (χ4n) is 2.94. The summed E-state index contributed by atoms with van der Waals surface area (Å²) >= 11 is 1.62. The molecule has 1 aliphatic heterocycles. The lowest BCUT2D eigenvalue weighted by Gasteiger charge is -2.22. The summed E-state index contributed by atoms with van der Waals surface area (Å²) in [6.45, 7) is 2.12. The zero-order valence-corrected chi connectivity index (χ0v) is 14.4. The monoisotopic (exact) mass is 348 g/mol. The van der Waals surface area contributed by atoms with Crippen LogP contribution in [0.2, 0.25) is 0 Å². The molecule has 0 aromatic heterocycles. The number of rotatable bonds is 6. The second-order valence-corrected chi connectivity index (χ2v) is 6.69. The maximum atomic E-state index is 12.4. The minimum atomic E-state index is -4.12. The largest absolute Gasteiger partial charge is 0.496 e. The highest BCUT2D eigenvalue weighted by molar-refractivity contribution is 7.98. The maximum Gasteiger partial charge on any atom is 0.401 e. The number of halogens is 3. The van der Waals surface area contributed by atoms with E-state index >= 15 is 0 Å². The Morgan fingerprint density at radius 3 is 2.78 bits per heavy atom. The number of thioether (sulfide) groups is 1. The lowest BCUT2D eigenvalue weighted by atomic mass is 10.1.